The number of carboxylic acids is 1. The molecule has 0 fully saturated rings. The average Bonchev–Trinajstić information content (AvgIpc) is 2.97. The highest BCUT2D eigenvalue weighted by atomic mass is 16.4. The van der Waals surface area contributed by atoms with Gasteiger partial charge in [-0.25, -0.2) is 4.79 Å². The number of guanidine groups is 1. The van der Waals surface area contributed by atoms with Crippen molar-refractivity contribution in [2.75, 3.05) is 19.7 Å². The summed E-state index contributed by atoms with van der Waals surface area (Å²) in [5.41, 5.74) is 16.3. The minimum atomic E-state index is -1.22. The first kappa shape index (κ1) is 42.0. The summed E-state index contributed by atoms with van der Waals surface area (Å²) in [7, 11) is 0. The van der Waals surface area contributed by atoms with E-state index in [1.54, 1.807) is 6.92 Å². The third-order valence-corrected chi connectivity index (χ3v) is 7.01. The minimum absolute atomic E-state index is 0.0123. The molecule has 17 heteroatoms. The molecule has 5 amide bonds. The molecule has 0 heterocycles. The van der Waals surface area contributed by atoms with E-state index < -0.39 is 78.9 Å². The maximum atomic E-state index is 13.2. The molecule has 46 heavy (non-hydrogen) atoms. The lowest BCUT2D eigenvalue weighted by Gasteiger charge is -2.27. The molecule has 0 radical (unpaired) electrons. The highest BCUT2D eigenvalue weighted by Crippen LogP contribution is 2.11. The molecule has 0 saturated heterocycles. The van der Waals surface area contributed by atoms with Gasteiger partial charge in [-0.1, -0.05) is 48.0 Å². The highest BCUT2D eigenvalue weighted by Gasteiger charge is 2.32. The molecule has 0 bridgehead atoms. The second-order valence-electron chi connectivity index (χ2n) is 12.2. The molecular weight excluding hydrogens is 602 g/mol. The van der Waals surface area contributed by atoms with Crippen molar-refractivity contribution in [2.24, 2.45) is 39.9 Å². The Hall–Kier alpha value is -3.99. The molecule has 6 atom stereocenters. The zero-order valence-corrected chi connectivity index (χ0v) is 27.8. The molecule has 13 N–H and O–H groups in total. The number of aliphatic hydroxyl groups excluding tert-OH is 1. The van der Waals surface area contributed by atoms with Crippen molar-refractivity contribution in [3.8, 4) is 0 Å². The van der Waals surface area contributed by atoms with Crippen LogP contribution in [0.1, 0.15) is 73.6 Å². The van der Waals surface area contributed by atoms with Crippen LogP contribution in [-0.2, 0) is 28.8 Å². The summed E-state index contributed by atoms with van der Waals surface area (Å²) >= 11 is 0. The molecular formula is C29H55N9O8. The second-order valence-corrected chi connectivity index (χ2v) is 12.2. The number of carbonyl (C=O) groups is 6. The Labute approximate surface area is 270 Å². The van der Waals surface area contributed by atoms with E-state index >= 15 is 0 Å². The Morgan fingerprint density at radius 3 is 1.80 bits per heavy atom. The number of rotatable bonds is 22. The number of hydrogen-bond acceptors (Lipinski definition) is 9. The Bertz CT molecular complexity index is 1050. The van der Waals surface area contributed by atoms with Crippen LogP contribution in [0.5, 0.6) is 0 Å². The molecule has 0 aromatic rings. The standard InChI is InChI=1S/C29H55N9O8/c1-7-17(6)23(38-26(43)20(11-15(2)3)36-24(41)18(30)14-39)27(44)34-13-22(40)35-19(9-8-10-33-29(31)32)25(42)37-21(28(45)46)12-16(4)5/h15-21,23,39H,7-14,30H2,1-6H3,(H,34,44)(H,35,40)(H,36,41)(H,37,42)(H,38,43)(H,45,46)(H4,31,32,33)/t17-,18+,19+,20-,21+,23-/m0/s1. The first-order valence-corrected chi connectivity index (χ1v) is 15.6. The zero-order chi connectivity index (χ0) is 35.6. The summed E-state index contributed by atoms with van der Waals surface area (Å²) in [5, 5.41) is 31.3. The van der Waals surface area contributed by atoms with E-state index in [9.17, 15) is 39.0 Å². The number of nitrogens with one attached hydrogen (secondary N) is 5. The summed E-state index contributed by atoms with van der Waals surface area (Å²) in [4.78, 5) is 80.1. The van der Waals surface area contributed by atoms with E-state index in [0.29, 0.717) is 6.42 Å². The molecule has 0 aliphatic heterocycles. The lowest BCUT2D eigenvalue weighted by molar-refractivity contribution is -0.142. The van der Waals surface area contributed by atoms with Gasteiger partial charge in [0.15, 0.2) is 5.96 Å². The third kappa shape index (κ3) is 16.9. The van der Waals surface area contributed by atoms with Crippen LogP contribution in [0.4, 0.5) is 0 Å². The largest absolute Gasteiger partial charge is 0.480 e. The van der Waals surface area contributed by atoms with E-state index in [0.717, 1.165) is 0 Å². The molecule has 0 unspecified atom stereocenters. The lowest BCUT2D eigenvalue weighted by Crippen LogP contribution is -2.58. The van der Waals surface area contributed by atoms with Crippen molar-refractivity contribution in [1.29, 1.82) is 0 Å². The first-order chi connectivity index (χ1) is 21.4. The topological polar surface area (TPSA) is 293 Å². The maximum Gasteiger partial charge on any atom is 0.326 e. The van der Waals surface area contributed by atoms with Gasteiger partial charge in [0.1, 0.15) is 30.2 Å². The molecule has 0 aromatic carbocycles. The predicted molar refractivity (Wildman–Crippen MR) is 172 cm³/mol. The van der Waals surface area contributed by atoms with Gasteiger partial charge in [0, 0.05) is 6.54 Å². The molecule has 0 spiro atoms. The monoisotopic (exact) mass is 657 g/mol. The van der Waals surface area contributed by atoms with Gasteiger partial charge in [0.25, 0.3) is 0 Å². The van der Waals surface area contributed by atoms with Crippen molar-refractivity contribution in [2.45, 2.75) is 104 Å². The highest BCUT2D eigenvalue weighted by molar-refractivity contribution is 5.95. The number of aliphatic hydroxyl groups is 1. The summed E-state index contributed by atoms with van der Waals surface area (Å²) < 4.78 is 0. The number of nitrogens with two attached hydrogens (primary N) is 3. The van der Waals surface area contributed by atoms with Crippen molar-refractivity contribution in [3.05, 3.63) is 0 Å². The SMILES string of the molecule is CC[C@H](C)[C@H](NC(=O)[C@H](CC(C)C)NC(=O)[C@H](N)CO)C(=O)NCC(=O)N[C@H](CCCN=C(N)N)C(=O)N[C@H](CC(C)C)C(=O)O. The van der Waals surface area contributed by atoms with Gasteiger partial charge in [0.2, 0.25) is 29.5 Å². The zero-order valence-electron chi connectivity index (χ0n) is 27.8. The number of hydrogen-bond donors (Lipinski definition) is 10. The van der Waals surface area contributed by atoms with Gasteiger partial charge in [-0.3, -0.25) is 29.0 Å². The Morgan fingerprint density at radius 2 is 1.30 bits per heavy atom. The number of carboxylic acid groups (broad SMARTS) is 1. The van der Waals surface area contributed by atoms with Crippen LogP contribution in [0.2, 0.25) is 0 Å². The van der Waals surface area contributed by atoms with Crippen molar-refractivity contribution in [3.63, 3.8) is 0 Å². The van der Waals surface area contributed by atoms with Crippen molar-refractivity contribution >= 4 is 41.5 Å². The second kappa shape index (κ2) is 21.7. The predicted octanol–water partition coefficient (Wildman–Crippen LogP) is -2.36. The van der Waals surface area contributed by atoms with Crippen molar-refractivity contribution < 1.29 is 39.0 Å². The fourth-order valence-electron chi connectivity index (χ4n) is 4.28. The molecule has 0 aliphatic carbocycles. The van der Waals surface area contributed by atoms with Crippen LogP contribution < -0.4 is 43.8 Å². The molecule has 0 saturated carbocycles. The number of aliphatic carboxylic acids is 1. The average molecular weight is 658 g/mol. The molecule has 0 aliphatic rings. The van der Waals surface area contributed by atoms with Crippen LogP contribution in [0.25, 0.3) is 0 Å². The first-order valence-electron chi connectivity index (χ1n) is 15.6. The number of nitrogens with zero attached hydrogens (tertiary/aromatic N) is 1. The van der Waals surface area contributed by atoms with Gasteiger partial charge >= 0.3 is 5.97 Å². The summed E-state index contributed by atoms with van der Waals surface area (Å²) in [6, 6.07) is -5.65. The number of carbonyl (C=O) groups excluding carboxylic acids is 5. The molecule has 264 valence electrons. The van der Waals surface area contributed by atoms with Gasteiger partial charge in [-0.2, -0.15) is 0 Å². The van der Waals surface area contributed by atoms with Crippen LogP contribution in [0.3, 0.4) is 0 Å². The van der Waals surface area contributed by atoms with E-state index in [4.69, 9.17) is 17.2 Å². The van der Waals surface area contributed by atoms with Gasteiger partial charge in [0.05, 0.1) is 13.2 Å². The lowest BCUT2D eigenvalue weighted by atomic mass is 9.96. The molecule has 17 nitrogen and oxygen atoms in total. The van der Waals surface area contributed by atoms with Crippen LogP contribution in [-0.4, -0.2) is 102 Å². The van der Waals surface area contributed by atoms with Crippen LogP contribution in [0.15, 0.2) is 4.99 Å². The van der Waals surface area contributed by atoms with Crippen molar-refractivity contribution in [1.82, 2.24) is 26.6 Å². The fraction of sp³-hybridized carbons (Fsp3) is 0.759. The van der Waals surface area contributed by atoms with E-state index in [1.165, 1.54) is 0 Å². The fourth-order valence-corrected chi connectivity index (χ4v) is 4.28. The normalized spacial score (nSPS) is 15.0. The Balaban J connectivity index is 5.66. The van der Waals surface area contributed by atoms with Crippen LogP contribution in [0, 0.1) is 17.8 Å². The summed E-state index contributed by atoms with van der Waals surface area (Å²) in [6.45, 7) is 9.84. The van der Waals surface area contributed by atoms with Gasteiger partial charge in [-0.15, -0.1) is 0 Å². The third-order valence-electron chi connectivity index (χ3n) is 7.01. The quantitative estimate of drug-likeness (QED) is 0.0334. The van der Waals surface area contributed by atoms with Crippen LogP contribution >= 0.6 is 0 Å². The van der Waals surface area contributed by atoms with Gasteiger partial charge in [-0.05, 0) is 43.4 Å². The smallest absolute Gasteiger partial charge is 0.326 e. The van der Waals surface area contributed by atoms with E-state index in [2.05, 4.69) is 31.6 Å². The summed E-state index contributed by atoms with van der Waals surface area (Å²) in [6.07, 6.45) is 1.25. The summed E-state index contributed by atoms with van der Waals surface area (Å²) in [5.74, 6) is -5.26. The number of aliphatic imine (C=N–C) groups is 1. The van der Waals surface area contributed by atoms with E-state index in [1.807, 2.05) is 34.6 Å². The Morgan fingerprint density at radius 1 is 0.761 bits per heavy atom. The van der Waals surface area contributed by atoms with E-state index in [-0.39, 0.29) is 55.9 Å². The Kier molecular flexibility index (Phi) is 19.8. The minimum Gasteiger partial charge on any atom is -0.480 e. The van der Waals surface area contributed by atoms with Gasteiger partial charge < -0.3 is 54.0 Å². The molecule has 0 rings (SSSR count). The molecule has 0 aromatic heterocycles. The number of amides is 5. The maximum absolute atomic E-state index is 13.2.